The average Bonchev–Trinajstić information content (AvgIpc) is 3.28. The maximum Gasteiger partial charge on any atom is 0.336 e. The molecule has 7 heteroatoms. The van der Waals surface area contributed by atoms with Crippen molar-refractivity contribution in [2.24, 2.45) is 11.3 Å². The number of hydrogen-bond donors (Lipinski definition) is 1. The molecule has 7 nitrogen and oxygen atoms in total. The van der Waals surface area contributed by atoms with Crippen LogP contribution in [0.4, 0.5) is 0 Å². The first-order valence-electron chi connectivity index (χ1n) is 10.7. The van der Waals surface area contributed by atoms with Gasteiger partial charge in [-0.25, -0.2) is 4.79 Å². The van der Waals surface area contributed by atoms with Gasteiger partial charge in [-0.2, -0.15) is 0 Å². The highest BCUT2D eigenvalue weighted by Gasteiger charge is 2.69. The molecule has 0 radical (unpaired) electrons. The van der Waals surface area contributed by atoms with Crippen LogP contribution in [-0.4, -0.2) is 54.4 Å². The Morgan fingerprint density at radius 3 is 2.73 bits per heavy atom. The summed E-state index contributed by atoms with van der Waals surface area (Å²) >= 11 is 0. The van der Waals surface area contributed by atoms with Crippen LogP contribution < -0.4 is 0 Å². The van der Waals surface area contributed by atoms with E-state index in [1.165, 1.54) is 14.0 Å². The standard InChI is InChI=1S/C23H32O7/c1-13-16-9-17-21(3,18(28-14(2)25)10-19-22(17,4)29-19)8-6-7-15(12-24)11-23(16,27-5)30-20(13)26/h11,17-19,24H,6-10,12H2,1-5H3/b15-11+/t17-,18+,19+,21-,22-,23+/m0/s1. The van der Waals surface area contributed by atoms with Crippen molar-refractivity contribution in [2.75, 3.05) is 13.7 Å². The number of rotatable bonds is 3. The van der Waals surface area contributed by atoms with Crippen LogP contribution >= 0.6 is 0 Å². The highest BCUT2D eigenvalue weighted by Crippen LogP contribution is 2.63. The number of carbonyl (C=O) groups is 2. The molecule has 4 rings (SSSR count). The summed E-state index contributed by atoms with van der Waals surface area (Å²) in [6.45, 7) is 7.35. The third-order valence-corrected chi connectivity index (χ3v) is 7.88. The zero-order valence-electron chi connectivity index (χ0n) is 18.4. The molecular weight excluding hydrogens is 388 g/mol. The van der Waals surface area contributed by atoms with E-state index < -0.39 is 11.8 Å². The summed E-state index contributed by atoms with van der Waals surface area (Å²) < 4.78 is 23.5. The van der Waals surface area contributed by atoms with Gasteiger partial charge in [0.25, 0.3) is 5.79 Å². The van der Waals surface area contributed by atoms with Crippen LogP contribution in [0, 0.1) is 11.3 Å². The van der Waals surface area contributed by atoms with Crippen molar-refractivity contribution < 1.29 is 33.6 Å². The highest BCUT2D eigenvalue weighted by atomic mass is 16.7. The molecule has 0 amide bonds. The number of fused-ring (bicyclic) bond motifs is 4. The van der Waals surface area contributed by atoms with Crippen molar-refractivity contribution in [1.82, 2.24) is 0 Å². The van der Waals surface area contributed by atoms with E-state index in [9.17, 15) is 14.7 Å². The van der Waals surface area contributed by atoms with Crippen molar-refractivity contribution in [3.63, 3.8) is 0 Å². The monoisotopic (exact) mass is 420 g/mol. The van der Waals surface area contributed by atoms with E-state index in [2.05, 4.69) is 13.8 Å². The maximum atomic E-state index is 12.6. The molecule has 166 valence electrons. The van der Waals surface area contributed by atoms with Gasteiger partial charge < -0.3 is 24.1 Å². The Labute approximate surface area is 177 Å². The summed E-state index contributed by atoms with van der Waals surface area (Å²) in [5, 5.41) is 9.92. The minimum Gasteiger partial charge on any atom is -0.462 e. The van der Waals surface area contributed by atoms with E-state index in [-0.39, 0.29) is 41.7 Å². The summed E-state index contributed by atoms with van der Waals surface area (Å²) in [5.74, 6) is -2.00. The topological polar surface area (TPSA) is 94.6 Å². The fraction of sp³-hybridized carbons (Fsp3) is 0.739. The predicted molar refractivity (Wildman–Crippen MR) is 107 cm³/mol. The number of ether oxygens (including phenoxy) is 4. The van der Waals surface area contributed by atoms with E-state index in [1.54, 1.807) is 13.0 Å². The van der Waals surface area contributed by atoms with E-state index in [0.717, 1.165) is 24.0 Å². The fourth-order valence-corrected chi connectivity index (χ4v) is 6.02. The molecule has 1 N–H and O–H groups in total. The zero-order chi connectivity index (χ0) is 21.9. The molecule has 1 saturated carbocycles. The van der Waals surface area contributed by atoms with Gasteiger partial charge >= 0.3 is 11.9 Å². The minimum absolute atomic E-state index is 0.0196. The Morgan fingerprint density at radius 1 is 1.37 bits per heavy atom. The molecule has 1 saturated heterocycles. The highest BCUT2D eigenvalue weighted by molar-refractivity contribution is 5.92. The van der Waals surface area contributed by atoms with Gasteiger partial charge in [0.05, 0.1) is 18.3 Å². The second kappa shape index (κ2) is 7.18. The lowest BCUT2D eigenvalue weighted by Gasteiger charge is -2.49. The molecule has 2 fully saturated rings. The summed E-state index contributed by atoms with van der Waals surface area (Å²) in [5.41, 5.74) is 1.38. The lowest BCUT2D eigenvalue weighted by Crippen LogP contribution is -2.53. The van der Waals surface area contributed by atoms with E-state index in [1.807, 2.05) is 0 Å². The summed E-state index contributed by atoms with van der Waals surface area (Å²) in [7, 11) is 1.52. The van der Waals surface area contributed by atoms with Crippen LogP contribution in [0.1, 0.15) is 59.8 Å². The molecule has 4 aliphatic rings. The van der Waals surface area contributed by atoms with Gasteiger partial charge in [0, 0.05) is 42.9 Å². The lowest BCUT2D eigenvalue weighted by atomic mass is 9.57. The Bertz CT molecular complexity index is 829. The van der Waals surface area contributed by atoms with Gasteiger partial charge in [-0.05, 0) is 51.2 Å². The van der Waals surface area contributed by atoms with Crippen LogP contribution in [0.3, 0.4) is 0 Å². The second-order valence-electron chi connectivity index (χ2n) is 9.57. The van der Waals surface area contributed by atoms with Gasteiger partial charge in [0.15, 0.2) is 0 Å². The van der Waals surface area contributed by atoms with Crippen LogP contribution in [0.5, 0.6) is 0 Å². The Hall–Kier alpha value is -1.70. The van der Waals surface area contributed by atoms with E-state index >= 15 is 0 Å². The van der Waals surface area contributed by atoms with Gasteiger partial charge in [-0.1, -0.05) is 6.92 Å². The first kappa shape index (κ1) is 21.5. The minimum atomic E-state index is -1.31. The van der Waals surface area contributed by atoms with Crippen LogP contribution in [0.25, 0.3) is 0 Å². The third kappa shape index (κ3) is 3.13. The molecule has 0 spiro atoms. The molecule has 0 unspecified atom stereocenters. The molecule has 2 heterocycles. The van der Waals surface area contributed by atoms with Crippen LogP contribution in [0.15, 0.2) is 22.8 Å². The summed E-state index contributed by atoms with van der Waals surface area (Å²) in [6.07, 6.45) is 5.00. The average molecular weight is 421 g/mol. The quantitative estimate of drug-likeness (QED) is 0.426. The van der Waals surface area contributed by atoms with Gasteiger partial charge in [0.1, 0.15) is 6.10 Å². The number of aliphatic hydroxyl groups is 1. The molecule has 2 aliphatic carbocycles. The van der Waals surface area contributed by atoms with Crippen molar-refractivity contribution in [2.45, 2.75) is 83.4 Å². The largest absolute Gasteiger partial charge is 0.462 e. The van der Waals surface area contributed by atoms with Crippen molar-refractivity contribution in [1.29, 1.82) is 0 Å². The van der Waals surface area contributed by atoms with Crippen LogP contribution in [-0.2, 0) is 28.5 Å². The molecule has 0 aromatic carbocycles. The number of esters is 2. The number of methoxy groups -OCH3 is 1. The maximum absolute atomic E-state index is 12.6. The predicted octanol–water partition coefficient (Wildman–Crippen LogP) is 2.81. The Morgan fingerprint density at radius 2 is 2.10 bits per heavy atom. The van der Waals surface area contributed by atoms with Crippen molar-refractivity contribution in [3.8, 4) is 0 Å². The van der Waals surface area contributed by atoms with Crippen molar-refractivity contribution >= 4 is 11.9 Å². The molecular formula is C23H32O7. The third-order valence-electron chi connectivity index (χ3n) is 7.88. The number of hydrogen-bond acceptors (Lipinski definition) is 7. The summed E-state index contributed by atoms with van der Waals surface area (Å²) in [6, 6.07) is 0. The molecule has 0 aromatic heterocycles. The lowest BCUT2D eigenvalue weighted by molar-refractivity contribution is -0.178. The SMILES string of the molecule is CO[C@@]12/C=C(/CO)CCC[C@]3(C)[C@H](OC(C)=O)C[C@H]4O[C@@]4(C)[C@H]3CC1=C(C)C(=O)O2. The summed E-state index contributed by atoms with van der Waals surface area (Å²) in [4.78, 5) is 24.4. The van der Waals surface area contributed by atoms with Crippen molar-refractivity contribution in [3.05, 3.63) is 22.8 Å². The van der Waals surface area contributed by atoms with E-state index in [0.29, 0.717) is 24.8 Å². The molecule has 6 atom stereocenters. The smallest absolute Gasteiger partial charge is 0.336 e. The zero-order valence-corrected chi connectivity index (χ0v) is 18.4. The number of aliphatic hydroxyl groups excluding tert-OH is 1. The van der Waals surface area contributed by atoms with Crippen LogP contribution in [0.2, 0.25) is 0 Å². The Balaban J connectivity index is 1.83. The molecule has 0 bridgehead atoms. The fourth-order valence-electron chi connectivity index (χ4n) is 6.02. The van der Waals surface area contributed by atoms with E-state index in [4.69, 9.17) is 18.9 Å². The molecule has 2 aliphatic heterocycles. The van der Waals surface area contributed by atoms with Gasteiger partial charge in [-0.15, -0.1) is 0 Å². The molecule has 30 heavy (non-hydrogen) atoms. The normalized spacial score (nSPS) is 44.8. The van der Waals surface area contributed by atoms with Gasteiger partial charge in [-0.3, -0.25) is 4.79 Å². The first-order valence-corrected chi connectivity index (χ1v) is 10.7. The number of carbonyl (C=O) groups excluding carboxylic acids is 2. The van der Waals surface area contributed by atoms with Gasteiger partial charge in [0.2, 0.25) is 0 Å². The molecule has 0 aromatic rings. The Kier molecular flexibility index (Phi) is 5.15. The number of epoxide rings is 1. The first-order chi connectivity index (χ1) is 14.1. The second-order valence-corrected chi connectivity index (χ2v) is 9.57.